The quantitative estimate of drug-likeness (QED) is 0.861. The van der Waals surface area contributed by atoms with Gasteiger partial charge in [0.05, 0.1) is 10.1 Å². The molecule has 1 aromatic rings. The summed E-state index contributed by atoms with van der Waals surface area (Å²) in [7, 11) is -1.20. The zero-order chi connectivity index (χ0) is 11.8. The topological polar surface area (TPSA) is 46.2 Å². The second-order valence-electron chi connectivity index (χ2n) is 4.32. The first-order chi connectivity index (χ1) is 7.57. The summed E-state index contributed by atoms with van der Waals surface area (Å²) in [5.74, 6) is 0. The fourth-order valence-electron chi connectivity index (χ4n) is 2.24. The van der Waals surface area contributed by atoms with Crippen LogP contribution in [0.2, 0.25) is 0 Å². The molecule has 1 aromatic carbocycles. The van der Waals surface area contributed by atoms with Crippen molar-refractivity contribution in [1.29, 1.82) is 0 Å². The minimum atomic E-state index is -3.07. The van der Waals surface area contributed by atoms with Crippen molar-refractivity contribution in [3.8, 4) is 0 Å². The third-order valence-corrected chi connectivity index (χ3v) is 5.46. The Kier molecular flexibility index (Phi) is 3.04. The molecule has 0 bridgehead atoms. The van der Waals surface area contributed by atoms with E-state index >= 15 is 0 Å². The van der Waals surface area contributed by atoms with Crippen LogP contribution >= 0.6 is 0 Å². The normalized spacial score (nSPS) is 22.0. The van der Waals surface area contributed by atoms with Gasteiger partial charge in [-0.2, -0.15) is 0 Å². The van der Waals surface area contributed by atoms with Crippen LogP contribution in [0.3, 0.4) is 0 Å². The summed E-state index contributed by atoms with van der Waals surface area (Å²) in [6.07, 6.45) is 1.43. The van der Waals surface area contributed by atoms with E-state index in [0.717, 1.165) is 24.1 Å². The van der Waals surface area contributed by atoms with E-state index in [1.807, 2.05) is 25.2 Å². The van der Waals surface area contributed by atoms with Crippen LogP contribution in [0.1, 0.15) is 18.1 Å². The Bertz CT molecular complexity index is 494. The molecule has 0 fully saturated rings. The lowest BCUT2D eigenvalue weighted by Gasteiger charge is -2.08. The van der Waals surface area contributed by atoms with Crippen LogP contribution in [-0.2, 0) is 22.7 Å². The molecule has 4 heteroatoms. The molecule has 0 spiro atoms. The Balaban J connectivity index is 2.49. The Morgan fingerprint density at radius 2 is 2.19 bits per heavy atom. The van der Waals surface area contributed by atoms with E-state index in [4.69, 9.17) is 0 Å². The molecule has 1 aliphatic rings. The van der Waals surface area contributed by atoms with Gasteiger partial charge in [0.1, 0.15) is 0 Å². The SMILES string of the molecule is CNCCc1cccc2c1S(=O)(=O)C(C)C2. The minimum Gasteiger partial charge on any atom is -0.319 e. The van der Waals surface area contributed by atoms with Crippen molar-refractivity contribution >= 4 is 9.84 Å². The van der Waals surface area contributed by atoms with Gasteiger partial charge in [0, 0.05) is 0 Å². The molecular formula is C12H17NO2S. The van der Waals surface area contributed by atoms with E-state index < -0.39 is 9.84 Å². The molecule has 0 radical (unpaired) electrons. The predicted molar refractivity (Wildman–Crippen MR) is 64.4 cm³/mol. The number of likely N-dealkylation sites (N-methyl/N-ethyl adjacent to an activating group) is 1. The maximum Gasteiger partial charge on any atom is 0.181 e. The summed E-state index contributed by atoms with van der Waals surface area (Å²) >= 11 is 0. The number of fused-ring (bicyclic) bond motifs is 1. The van der Waals surface area contributed by atoms with Gasteiger partial charge in [-0.05, 0) is 44.5 Å². The molecule has 0 saturated carbocycles. The third kappa shape index (κ3) is 1.76. The first-order valence-electron chi connectivity index (χ1n) is 5.56. The Labute approximate surface area is 96.8 Å². The zero-order valence-electron chi connectivity index (χ0n) is 9.66. The smallest absolute Gasteiger partial charge is 0.181 e. The van der Waals surface area contributed by atoms with Gasteiger partial charge in [-0.1, -0.05) is 18.2 Å². The molecule has 1 aliphatic heterocycles. The van der Waals surface area contributed by atoms with Crippen molar-refractivity contribution < 1.29 is 8.42 Å². The summed E-state index contributed by atoms with van der Waals surface area (Å²) in [5.41, 5.74) is 1.94. The highest BCUT2D eigenvalue weighted by atomic mass is 32.2. The van der Waals surface area contributed by atoms with E-state index in [1.165, 1.54) is 0 Å². The van der Waals surface area contributed by atoms with E-state index in [1.54, 1.807) is 6.92 Å². The van der Waals surface area contributed by atoms with Crippen LogP contribution in [0.4, 0.5) is 0 Å². The first kappa shape index (κ1) is 11.6. The van der Waals surface area contributed by atoms with E-state index in [2.05, 4.69) is 5.32 Å². The average molecular weight is 239 g/mol. The van der Waals surface area contributed by atoms with E-state index in [9.17, 15) is 8.42 Å². The lowest BCUT2D eigenvalue weighted by molar-refractivity contribution is 0.589. The molecule has 1 unspecified atom stereocenters. The number of hydrogen-bond acceptors (Lipinski definition) is 3. The second kappa shape index (κ2) is 4.18. The average Bonchev–Trinajstić information content (AvgIpc) is 2.48. The van der Waals surface area contributed by atoms with Crippen molar-refractivity contribution in [2.24, 2.45) is 0 Å². The maximum atomic E-state index is 12.1. The van der Waals surface area contributed by atoms with Crippen molar-refractivity contribution in [2.75, 3.05) is 13.6 Å². The third-order valence-electron chi connectivity index (χ3n) is 3.14. The summed E-state index contributed by atoms with van der Waals surface area (Å²) in [6.45, 7) is 2.59. The Morgan fingerprint density at radius 3 is 2.88 bits per heavy atom. The number of benzene rings is 1. The molecule has 0 aliphatic carbocycles. The number of nitrogens with one attached hydrogen (secondary N) is 1. The minimum absolute atomic E-state index is 0.266. The van der Waals surface area contributed by atoms with Crippen LogP contribution in [0.15, 0.2) is 23.1 Å². The summed E-state index contributed by atoms with van der Waals surface area (Å²) in [5, 5.41) is 2.79. The number of hydrogen-bond donors (Lipinski definition) is 1. The highest BCUT2D eigenvalue weighted by Gasteiger charge is 2.35. The summed E-state index contributed by atoms with van der Waals surface area (Å²) in [6, 6.07) is 5.81. The molecule has 3 nitrogen and oxygen atoms in total. The van der Waals surface area contributed by atoms with Crippen LogP contribution in [-0.4, -0.2) is 27.3 Å². The van der Waals surface area contributed by atoms with Gasteiger partial charge < -0.3 is 5.32 Å². The Morgan fingerprint density at radius 1 is 1.44 bits per heavy atom. The maximum absolute atomic E-state index is 12.1. The van der Waals surface area contributed by atoms with E-state index in [-0.39, 0.29) is 5.25 Å². The fraction of sp³-hybridized carbons (Fsp3) is 0.500. The van der Waals surface area contributed by atoms with Gasteiger partial charge in [-0.15, -0.1) is 0 Å². The lowest BCUT2D eigenvalue weighted by Crippen LogP contribution is -2.15. The molecule has 0 aromatic heterocycles. The zero-order valence-corrected chi connectivity index (χ0v) is 10.5. The first-order valence-corrected chi connectivity index (χ1v) is 7.11. The molecule has 1 atom stereocenters. The van der Waals surface area contributed by atoms with Crippen molar-refractivity contribution in [3.63, 3.8) is 0 Å². The van der Waals surface area contributed by atoms with Gasteiger partial charge in [-0.25, -0.2) is 8.42 Å². The Hall–Kier alpha value is -0.870. The highest BCUT2D eigenvalue weighted by molar-refractivity contribution is 7.92. The second-order valence-corrected chi connectivity index (χ2v) is 6.62. The fourth-order valence-corrected chi connectivity index (χ4v) is 4.10. The number of sulfone groups is 1. The highest BCUT2D eigenvalue weighted by Crippen LogP contribution is 2.33. The molecule has 88 valence electrons. The van der Waals surface area contributed by atoms with Gasteiger partial charge in [0.25, 0.3) is 0 Å². The monoisotopic (exact) mass is 239 g/mol. The standard InChI is InChI=1S/C12H17NO2S/c1-9-8-11-5-3-4-10(6-7-13-2)12(11)16(9,14)15/h3-5,9,13H,6-8H2,1-2H3. The van der Waals surface area contributed by atoms with Crippen molar-refractivity contribution in [1.82, 2.24) is 5.32 Å². The van der Waals surface area contributed by atoms with Gasteiger partial charge in [0.15, 0.2) is 9.84 Å². The van der Waals surface area contributed by atoms with Crippen molar-refractivity contribution in [3.05, 3.63) is 29.3 Å². The lowest BCUT2D eigenvalue weighted by atomic mass is 10.1. The molecule has 0 saturated heterocycles. The van der Waals surface area contributed by atoms with Crippen molar-refractivity contribution in [2.45, 2.75) is 29.9 Å². The van der Waals surface area contributed by atoms with Gasteiger partial charge in [-0.3, -0.25) is 0 Å². The molecule has 0 amide bonds. The van der Waals surface area contributed by atoms with E-state index in [0.29, 0.717) is 11.3 Å². The van der Waals surface area contributed by atoms with Crippen LogP contribution in [0.25, 0.3) is 0 Å². The largest absolute Gasteiger partial charge is 0.319 e. The number of rotatable bonds is 3. The summed E-state index contributed by atoms with van der Waals surface area (Å²) < 4.78 is 24.3. The van der Waals surface area contributed by atoms with Gasteiger partial charge in [0.2, 0.25) is 0 Å². The van der Waals surface area contributed by atoms with Crippen LogP contribution in [0.5, 0.6) is 0 Å². The predicted octanol–water partition coefficient (Wildman–Crippen LogP) is 1.17. The molecule has 2 rings (SSSR count). The molecular weight excluding hydrogens is 222 g/mol. The molecule has 1 heterocycles. The summed E-state index contributed by atoms with van der Waals surface area (Å²) in [4.78, 5) is 0.595. The molecule has 1 N–H and O–H groups in total. The molecule has 16 heavy (non-hydrogen) atoms. The van der Waals surface area contributed by atoms with Crippen LogP contribution in [0, 0.1) is 0 Å². The van der Waals surface area contributed by atoms with Crippen LogP contribution < -0.4 is 5.32 Å². The van der Waals surface area contributed by atoms with Gasteiger partial charge >= 0.3 is 0 Å².